The molecule has 0 bridgehead atoms. The van der Waals surface area contributed by atoms with Gasteiger partial charge in [-0.2, -0.15) is 0 Å². The smallest absolute Gasteiger partial charge is 0.143 e. The molecule has 0 saturated heterocycles. The molecule has 0 unspecified atom stereocenters. The van der Waals surface area contributed by atoms with E-state index in [2.05, 4.69) is 188 Å². The molecular weight excluding hydrogens is 665 g/mol. The molecule has 1 nitrogen and oxygen atoms in total. The third-order valence-electron chi connectivity index (χ3n) is 11.8. The van der Waals surface area contributed by atoms with Crippen molar-refractivity contribution in [1.29, 1.82) is 0 Å². The van der Waals surface area contributed by atoms with Gasteiger partial charge in [-0.25, -0.2) is 0 Å². The summed E-state index contributed by atoms with van der Waals surface area (Å²) in [7, 11) is 0. The molecular formula is C54H32O. The number of furan rings is 1. The molecule has 254 valence electrons. The maximum Gasteiger partial charge on any atom is 0.143 e. The standard InChI is InChI=1S/C54H32O/c1-3-16-41-37(12-1)39-14-5-7-18-43(39)50-30-33(24-27-45(41)50)34-25-28-46-42-17-4-2-13-38(42)40-15-6-8-19-44(40)52-32-35(26-29-47(52)51(46)31-34)36-21-11-22-49-48-20-9-10-23-53(48)55-54(36)49/h1-32H. The second-order valence-corrected chi connectivity index (χ2v) is 14.7. The number of fused-ring (bicyclic) bond motifs is 17. The van der Waals surface area contributed by atoms with Crippen LogP contribution >= 0.6 is 0 Å². The summed E-state index contributed by atoms with van der Waals surface area (Å²) < 4.78 is 6.54. The minimum atomic E-state index is 0.912. The van der Waals surface area contributed by atoms with E-state index in [4.69, 9.17) is 4.42 Å². The van der Waals surface area contributed by atoms with E-state index in [1.54, 1.807) is 0 Å². The third-order valence-corrected chi connectivity index (χ3v) is 11.8. The molecule has 11 aromatic rings. The highest BCUT2D eigenvalue weighted by Crippen LogP contribution is 2.50. The molecule has 0 atom stereocenters. The second kappa shape index (κ2) is 11.6. The largest absolute Gasteiger partial charge is 0.455 e. The number of para-hydroxylation sites is 2. The van der Waals surface area contributed by atoms with E-state index >= 15 is 0 Å². The molecule has 0 saturated carbocycles. The first-order valence-corrected chi connectivity index (χ1v) is 19.0. The summed E-state index contributed by atoms with van der Waals surface area (Å²) in [6.07, 6.45) is 0. The molecule has 55 heavy (non-hydrogen) atoms. The predicted molar refractivity (Wildman–Crippen MR) is 232 cm³/mol. The first kappa shape index (κ1) is 30.3. The molecule has 1 aliphatic rings. The first-order valence-electron chi connectivity index (χ1n) is 19.0. The Morgan fingerprint density at radius 1 is 0.218 bits per heavy atom. The van der Waals surface area contributed by atoms with Crippen LogP contribution < -0.4 is 0 Å². The lowest BCUT2D eigenvalue weighted by atomic mass is 9.79. The summed E-state index contributed by atoms with van der Waals surface area (Å²) >= 11 is 0. The van der Waals surface area contributed by atoms with E-state index < -0.39 is 0 Å². The van der Waals surface area contributed by atoms with E-state index in [-0.39, 0.29) is 0 Å². The molecule has 0 fully saturated rings. The molecule has 1 aliphatic carbocycles. The Labute approximate surface area is 318 Å². The lowest BCUT2D eigenvalue weighted by Gasteiger charge is -2.24. The molecule has 10 aromatic carbocycles. The Hall–Kier alpha value is -7.22. The van der Waals surface area contributed by atoms with Gasteiger partial charge in [-0.15, -0.1) is 0 Å². The molecule has 12 rings (SSSR count). The Kier molecular flexibility index (Phi) is 6.40. The number of hydrogen-bond donors (Lipinski definition) is 0. The molecule has 0 amide bonds. The highest BCUT2D eigenvalue weighted by atomic mass is 16.3. The Morgan fingerprint density at radius 2 is 0.618 bits per heavy atom. The van der Waals surface area contributed by atoms with Crippen molar-refractivity contribution in [3.8, 4) is 66.8 Å². The van der Waals surface area contributed by atoms with Crippen LogP contribution in [0.25, 0.3) is 121 Å². The fourth-order valence-electron chi connectivity index (χ4n) is 9.32. The summed E-state index contributed by atoms with van der Waals surface area (Å²) in [5, 5.41) is 10.0. The molecule has 0 spiro atoms. The van der Waals surface area contributed by atoms with Gasteiger partial charge in [0.15, 0.2) is 0 Å². The van der Waals surface area contributed by atoms with Crippen molar-refractivity contribution in [3.63, 3.8) is 0 Å². The van der Waals surface area contributed by atoms with Crippen molar-refractivity contribution < 1.29 is 4.42 Å². The van der Waals surface area contributed by atoms with Gasteiger partial charge in [0, 0.05) is 16.3 Å². The van der Waals surface area contributed by atoms with E-state index in [1.165, 1.54) is 88.0 Å². The maximum atomic E-state index is 6.54. The van der Waals surface area contributed by atoms with Crippen LogP contribution in [-0.4, -0.2) is 0 Å². The lowest BCUT2D eigenvalue weighted by Crippen LogP contribution is -1.98. The van der Waals surface area contributed by atoms with E-state index in [0.29, 0.717) is 0 Å². The molecule has 1 heterocycles. The zero-order valence-electron chi connectivity index (χ0n) is 29.9. The van der Waals surface area contributed by atoms with Gasteiger partial charge in [0.1, 0.15) is 11.2 Å². The molecule has 0 radical (unpaired) electrons. The van der Waals surface area contributed by atoms with Crippen molar-refractivity contribution in [2.45, 2.75) is 0 Å². The summed E-state index contributed by atoms with van der Waals surface area (Å²) in [5.74, 6) is 0. The SMILES string of the molecule is c1ccc2c(c1)-c1ccccc1-c1cc(-c3cccc4c3oc3ccccc34)ccc1-c1cc(-c3ccc4c5ccccc5c5ccccc5c4c3)ccc1-2. The van der Waals surface area contributed by atoms with Gasteiger partial charge in [-0.3, -0.25) is 0 Å². The fraction of sp³-hybridized carbons (Fsp3) is 0. The quantitative estimate of drug-likeness (QED) is 0.164. The number of rotatable bonds is 2. The lowest BCUT2D eigenvalue weighted by molar-refractivity contribution is 0.670. The first-order chi connectivity index (χ1) is 27.3. The van der Waals surface area contributed by atoms with Gasteiger partial charge in [0.05, 0.1) is 0 Å². The minimum absolute atomic E-state index is 0.912. The molecule has 1 heteroatoms. The van der Waals surface area contributed by atoms with Crippen LogP contribution in [0, 0.1) is 0 Å². The van der Waals surface area contributed by atoms with Gasteiger partial charge < -0.3 is 4.42 Å². The summed E-state index contributed by atoms with van der Waals surface area (Å²) in [4.78, 5) is 0. The van der Waals surface area contributed by atoms with E-state index in [0.717, 1.165) is 33.1 Å². The van der Waals surface area contributed by atoms with Crippen LogP contribution in [0.5, 0.6) is 0 Å². The van der Waals surface area contributed by atoms with Crippen molar-refractivity contribution in [2.24, 2.45) is 0 Å². The van der Waals surface area contributed by atoms with Gasteiger partial charge in [0.25, 0.3) is 0 Å². The van der Waals surface area contributed by atoms with Crippen LogP contribution in [0.15, 0.2) is 199 Å². The van der Waals surface area contributed by atoms with Crippen LogP contribution in [-0.2, 0) is 0 Å². The normalized spacial score (nSPS) is 12.0. The van der Waals surface area contributed by atoms with Gasteiger partial charge >= 0.3 is 0 Å². The predicted octanol–water partition coefficient (Wildman–Crippen LogP) is 15.4. The number of benzene rings is 10. The minimum Gasteiger partial charge on any atom is -0.455 e. The summed E-state index contributed by atoms with van der Waals surface area (Å²) in [5.41, 5.74) is 16.3. The van der Waals surface area contributed by atoms with Crippen LogP contribution in [0.3, 0.4) is 0 Å². The highest BCUT2D eigenvalue weighted by molar-refractivity contribution is 6.25. The van der Waals surface area contributed by atoms with Gasteiger partial charge in [-0.1, -0.05) is 170 Å². The maximum absolute atomic E-state index is 6.54. The third kappa shape index (κ3) is 4.48. The monoisotopic (exact) mass is 696 g/mol. The van der Waals surface area contributed by atoms with Crippen molar-refractivity contribution >= 4 is 54.3 Å². The van der Waals surface area contributed by atoms with E-state index in [1.807, 2.05) is 6.07 Å². The van der Waals surface area contributed by atoms with Crippen LogP contribution in [0.1, 0.15) is 0 Å². The fourth-order valence-corrected chi connectivity index (χ4v) is 9.32. The van der Waals surface area contributed by atoms with Crippen molar-refractivity contribution in [3.05, 3.63) is 194 Å². The molecule has 0 N–H and O–H groups in total. The second-order valence-electron chi connectivity index (χ2n) is 14.7. The van der Waals surface area contributed by atoms with Gasteiger partial charge in [0.2, 0.25) is 0 Å². The Bertz CT molecular complexity index is 3340. The van der Waals surface area contributed by atoms with Crippen LogP contribution in [0.4, 0.5) is 0 Å². The van der Waals surface area contributed by atoms with E-state index in [9.17, 15) is 0 Å². The molecule has 0 aliphatic heterocycles. The topological polar surface area (TPSA) is 13.1 Å². The van der Waals surface area contributed by atoms with Crippen molar-refractivity contribution in [1.82, 2.24) is 0 Å². The van der Waals surface area contributed by atoms with Crippen LogP contribution in [0.2, 0.25) is 0 Å². The Morgan fingerprint density at radius 3 is 1.27 bits per heavy atom. The molecule has 1 aromatic heterocycles. The summed E-state index contributed by atoms with van der Waals surface area (Å²) in [6, 6.07) is 71.3. The summed E-state index contributed by atoms with van der Waals surface area (Å²) in [6.45, 7) is 0. The average molecular weight is 697 g/mol. The highest BCUT2D eigenvalue weighted by Gasteiger charge is 2.24. The van der Waals surface area contributed by atoms with Crippen molar-refractivity contribution in [2.75, 3.05) is 0 Å². The van der Waals surface area contributed by atoms with Gasteiger partial charge in [-0.05, 0) is 118 Å². The zero-order chi connectivity index (χ0) is 36.0. The average Bonchev–Trinajstić information content (AvgIpc) is 3.65. The Balaban J connectivity index is 1.11. The zero-order valence-corrected chi connectivity index (χ0v) is 29.9. The number of hydrogen-bond acceptors (Lipinski definition) is 1.